The summed E-state index contributed by atoms with van der Waals surface area (Å²) in [5.74, 6) is 1.20. The van der Waals surface area contributed by atoms with Gasteiger partial charge >= 0.3 is 0 Å². The van der Waals surface area contributed by atoms with Crippen LogP contribution in [0.3, 0.4) is 0 Å². The summed E-state index contributed by atoms with van der Waals surface area (Å²) in [6, 6.07) is 1.67. The first kappa shape index (κ1) is 16.1. The number of carbonyl (C=O) groups excluding carboxylic acids is 1. The molecule has 5 nitrogen and oxygen atoms in total. The fourth-order valence-corrected chi connectivity index (χ4v) is 3.38. The van der Waals surface area contributed by atoms with E-state index in [-0.39, 0.29) is 17.5 Å². The molecule has 21 heavy (non-hydrogen) atoms. The van der Waals surface area contributed by atoms with E-state index in [1.807, 2.05) is 23.3 Å². The number of aromatic nitrogens is 2. The van der Waals surface area contributed by atoms with Crippen molar-refractivity contribution in [2.75, 3.05) is 18.8 Å². The minimum absolute atomic E-state index is 0.139. The Morgan fingerprint density at radius 3 is 2.71 bits per heavy atom. The number of thioether (sulfide) groups is 1. The quantitative estimate of drug-likeness (QED) is 0.632. The smallest absolute Gasteiger partial charge is 0.273 e. The van der Waals surface area contributed by atoms with Gasteiger partial charge in [-0.05, 0) is 32.6 Å². The maximum absolute atomic E-state index is 12.2. The van der Waals surface area contributed by atoms with Gasteiger partial charge in [-0.2, -0.15) is 4.98 Å². The zero-order valence-electron chi connectivity index (χ0n) is 12.9. The maximum Gasteiger partial charge on any atom is 0.273 e. The highest BCUT2D eigenvalue weighted by Crippen LogP contribution is 2.21. The first-order chi connectivity index (χ1) is 9.97. The van der Waals surface area contributed by atoms with Crippen molar-refractivity contribution in [3.05, 3.63) is 22.6 Å². The third kappa shape index (κ3) is 4.33. The number of carbonyl (C=O) groups is 1. The Bertz CT molecular complexity index is 548. The molecule has 0 aromatic carbocycles. The summed E-state index contributed by atoms with van der Waals surface area (Å²) in [5.41, 5.74) is -0.256. The summed E-state index contributed by atoms with van der Waals surface area (Å²) in [6.07, 6.45) is 3.91. The van der Waals surface area contributed by atoms with Crippen molar-refractivity contribution in [2.24, 2.45) is 5.92 Å². The molecule has 1 saturated heterocycles. The first-order valence-electron chi connectivity index (χ1n) is 7.47. The van der Waals surface area contributed by atoms with Gasteiger partial charge in [0.15, 0.2) is 5.16 Å². The van der Waals surface area contributed by atoms with Crippen molar-refractivity contribution >= 4 is 17.7 Å². The van der Waals surface area contributed by atoms with Gasteiger partial charge in [-0.1, -0.05) is 18.7 Å². The lowest BCUT2D eigenvalue weighted by Crippen LogP contribution is -2.39. The number of hydrogen-bond donors (Lipinski definition) is 0. The molecular formula is C15H23N3O2S. The molecule has 0 aliphatic carbocycles. The topological polar surface area (TPSA) is 55.2 Å². The second-order valence-corrected chi connectivity index (χ2v) is 6.84. The zero-order valence-corrected chi connectivity index (χ0v) is 13.7. The molecule has 0 unspecified atom stereocenters. The standard InChI is InChI=1S/C15H23N3O2S/c1-11(2)18-9-6-13(19)16-15(18)21-10-14(20)17-7-4-12(3)5-8-17/h6,9,11-12H,4-5,7-8,10H2,1-3H3. The normalized spacial score (nSPS) is 16.5. The summed E-state index contributed by atoms with van der Waals surface area (Å²) in [4.78, 5) is 29.6. The molecule has 0 N–H and O–H groups in total. The number of amides is 1. The highest BCUT2D eigenvalue weighted by atomic mass is 32.2. The molecule has 0 saturated carbocycles. The molecule has 1 aromatic rings. The molecule has 2 rings (SSSR count). The predicted molar refractivity (Wildman–Crippen MR) is 84.6 cm³/mol. The number of hydrogen-bond acceptors (Lipinski definition) is 4. The van der Waals surface area contributed by atoms with E-state index in [1.165, 1.54) is 17.8 Å². The summed E-state index contributed by atoms with van der Waals surface area (Å²) in [5, 5.41) is 0.622. The minimum atomic E-state index is -0.256. The fraction of sp³-hybridized carbons (Fsp3) is 0.667. The molecule has 0 bridgehead atoms. The van der Waals surface area contributed by atoms with Crippen molar-refractivity contribution in [3.63, 3.8) is 0 Å². The lowest BCUT2D eigenvalue weighted by molar-refractivity contribution is -0.129. The van der Waals surface area contributed by atoms with E-state index in [0.29, 0.717) is 16.8 Å². The highest BCUT2D eigenvalue weighted by molar-refractivity contribution is 7.99. The Labute approximate surface area is 129 Å². The molecule has 0 spiro atoms. The summed E-state index contributed by atoms with van der Waals surface area (Å²) >= 11 is 1.35. The Morgan fingerprint density at radius 1 is 1.43 bits per heavy atom. The van der Waals surface area contributed by atoms with Gasteiger partial charge in [0, 0.05) is 31.4 Å². The van der Waals surface area contributed by atoms with Crippen LogP contribution in [0.1, 0.15) is 39.7 Å². The van der Waals surface area contributed by atoms with Gasteiger partial charge in [-0.15, -0.1) is 0 Å². The van der Waals surface area contributed by atoms with E-state index in [1.54, 1.807) is 6.20 Å². The van der Waals surface area contributed by atoms with Crippen LogP contribution in [0.5, 0.6) is 0 Å². The largest absolute Gasteiger partial charge is 0.342 e. The van der Waals surface area contributed by atoms with Crippen molar-refractivity contribution in [1.29, 1.82) is 0 Å². The molecule has 116 valence electrons. The number of piperidine rings is 1. The van der Waals surface area contributed by atoms with Gasteiger partial charge in [0.2, 0.25) is 5.91 Å². The van der Waals surface area contributed by atoms with Crippen molar-refractivity contribution in [1.82, 2.24) is 14.5 Å². The van der Waals surface area contributed by atoms with Crippen molar-refractivity contribution < 1.29 is 4.79 Å². The van der Waals surface area contributed by atoms with Crippen LogP contribution in [0.4, 0.5) is 0 Å². The Kier molecular flexibility index (Phi) is 5.45. The first-order valence-corrected chi connectivity index (χ1v) is 8.45. The lowest BCUT2D eigenvalue weighted by Gasteiger charge is -2.30. The average molecular weight is 309 g/mol. The molecular weight excluding hydrogens is 286 g/mol. The summed E-state index contributed by atoms with van der Waals surface area (Å²) < 4.78 is 1.93. The van der Waals surface area contributed by atoms with Gasteiger partial charge in [-0.3, -0.25) is 9.59 Å². The fourth-order valence-electron chi connectivity index (χ4n) is 2.37. The van der Waals surface area contributed by atoms with E-state index in [9.17, 15) is 9.59 Å². The highest BCUT2D eigenvalue weighted by Gasteiger charge is 2.20. The maximum atomic E-state index is 12.2. The molecule has 1 aliphatic heterocycles. The Balaban J connectivity index is 1.98. The van der Waals surface area contributed by atoms with Crippen LogP contribution in [0, 0.1) is 5.92 Å². The molecule has 0 atom stereocenters. The lowest BCUT2D eigenvalue weighted by atomic mass is 9.99. The van der Waals surface area contributed by atoms with Gasteiger partial charge in [-0.25, -0.2) is 0 Å². The third-order valence-electron chi connectivity index (χ3n) is 3.82. The molecule has 0 radical (unpaired) electrons. The molecule has 1 fully saturated rings. The average Bonchev–Trinajstić information content (AvgIpc) is 2.45. The second kappa shape index (κ2) is 7.11. The monoisotopic (exact) mass is 309 g/mol. The number of rotatable bonds is 4. The third-order valence-corrected chi connectivity index (χ3v) is 4.77. The van der Waals surface area contributed by atoms with E-state index < -0.39 is 0 Å². The van der Waals surface area contributed by atoms with E-state index in [2.05, 4.69) is 11.9 Å². The molecule has 1 amide bonds. The van der Waals surface area contributed by atoms with Crippen LogP contribution in [-0.4, -0.2) is 39.2 Å². The number of nitrogens with zero attached hydrogens (tertiary/aromatic N) is 3. The van der Waals surface area contributed by atoms with E-state index in [4.69, 9.17) is 0 Å². The minimum Gasteiger partial charge on any atom is -0.342 e. The van der Waals surface area contributed by atoms with Crippen molar-refractivity contribution in [3.8, 4) is 0 Å². The number of likely N-dealkylation sites (tertiary alicyclic amines) is 1. The van der Waals surface area contributed by atoms with Crippen LogP contribution < -0.4 is 5.56 Å². The van der Waals surface area contributed by atoms with Gasteiger partial charge in [0.05, 0.1) is 5.75 Å². The molecule has 6 heteroatoms. The zero-order chi connectivity index (χ0) is 15.4. The van der Waals surface area contributed by atoms with Gasteiger partial charge in [0.1, 0.15) is 0 Å². The molecule has 1 aliphatic rings. The van der Waals surface area contributed by atoms with Gasteiger partial charge in [0.25, 0.3) is 5.56 Å². The van der Waals surface area contributed by atoms with Crippen LogP contribution in [0.15, 0.2) is 22.2 Å². The predicted octanol–water partition coefficient (Wildman–Crippen LogP) is 2.17. The van der Waals surface area contributed by atoms with Crippen LogP contribution in [0.25, 0.3) is 0 Å². The Morgan fingerprint density at radius 2 is 2.10 bits per heavy atom. The van der Waals surface area contributed by atoms with Crippen LogP contribution in [0.2, 0.25) is 0 Å². The van der Waals surface area contributed by atoms with E-state index in [0.717, 1.165) is 25.9 Å². The van der Waals surface area contributed by atoms with Crippen molar-refractivity contribution in [2.45, 2.75) is 44.8 Å². The SMILES string of the molecule is CC1CCN(C(=O)CSc2nc(=O)ccn2C(C)C)CC1. The second-order valence-electron chi connectivity index (χ2n) is 5.90. The molecule has 2 heterocycles. The summed E-state index contributed by atoms with van der Waals surface area (Å²) in [6.45, 7) is 7.99. The molecule has 1 aromatic heterocycles. The van der Waals surface area contributed by atoms with Crippen LogP contribution in [-0.2, 0) is 4.79 Å². The summed E-state index contributed by atoms with van der Waals surface area (Å²) in [7, 11) is 0. The Hall–Kier alpha value is -1.30. The van der Waals surface area contributed by atoms with E-state index >= 15 is 0 Å². The van der Waals surface area contributed by atoms with Gasteiger partial charge < -0.3 is 9.47 Å². The van der Waals surface area contributed by atoms with Crippen LogP contribution >= 0.6 is 11.8 Å².